The Morgan fingerprint density at radius 3 is 1.60 bits per heavy atom. The first kappa shape index (κ1) is 31.4. The van der Waals surface area contributed by atoms with Gasteiger partial charge in [0.15, 0.2) is 0 Å². The third kappa shape index (κ3) is 6.98. The molecule has 1 aliphatic carbocycles. The summed E-state index contributed by atoms with van der Waals surface area (Å²) in [5.41, 5.74) is 11.8. The van der Waals surface area contributed by atoms with Crippen LogP contribution < -0.4 is 0 Å². The summed E-state index contributed by atoms with van der Waals surface area (Å²) >= 11 is 7.40. The van der Waals surface area contributed by atoms with Crippen LogP contribution in [0.5, 0.6) is 0 Å². The van der Waals surface area contributed by atoms with Crippen LogP contribution in [-0.2, 0) is 18.3 Å². The van der Waals surface area contributed by atoms with Crippen LogP contribution in [0, 0.1) is 0 Å². The predicted molar refractivity (Wildman–Crippen MR) is 192 cm³/mol. The molecular weight excluding hydrogens is 684 g/mol. The molecule has 0 radical (unpaired) electrons. The van der Waals surface area contributed by atoms with E-state index in [2.05, 4.69) is 105 Å². The molecule has 5 aromatic carbocycles. The quantitative estimate of drug-likeness (QED) is 0.0896. The van der Waals surface area contributed by atoms with Gasteiger partial charge >= 0.3 is 0 Å². The Labute approximate surface area is 283 Å². The van der Waals surface area contributed by atoms with Gasteiger partial charge in [0.05, 0.1) is 0 Å². The number of fused-ring (bicyclic) bond motifs is 3. The predicted octanol–water partition coefficient (Wildman–Crippen LogP) is 11.6. The van der Waals surface area contributed by atoms with E-state index < -0.39 is 0 Å². The van der Waals surface area contributed by atoms with Crippen LogP contribution in [-0.4, -0.2) is 12.6 Å². The molecule has 4 heteroatoms. The maximum Gasteiger partial charge on any atom is 0.150 e. The SMILES string of the molecule is O=Cc1cccc(CCCCC2(CCCCc3cccc(C=O)c3)c3cc(Br)ccc3-c3ccc(-c4ccc(Br)cc4)cc32)c1. The molecule has 0 heterocycles. The molecule has 0 saturated heterocycles. The highest BCUT2D eigenvalue weighted by Gasteiger charge is 2.42. The average Bonchev–Trinajstić information content (AvgIpc) is 3.33. The van der Waals surface area contributed by atoms with Gasteiger partial charge in [0.2, 0.25) is 0 Å². The van der Waals surface area contributed by atoms with E-state index in [1.807, 2.05) is 36.4 Å². The summed E-state index contributed by atoms with van der Waals surface area (Å²) in [6.07, 6.45) is 10.2. The lowest BCUT2D eigenvalue weighted by molar-refractivity contribution is 0.111. The summed E-state index contributed by atoms with van der Waals surface area (Å²) in [5, 5.41) is 0. The summed E-state index contributed by atoms with van der Waals surface area (Å²) in [5.74, 6) is 0. The van der Waals surface area contributed by atoms with Crippen LogP contribution in [0.1, 0.15) is 81.5 Å². The van der Waals surface area contributed by atoms with E-state index >= 15 is 0 Å². The lowest BCUT2D eigenvalue weighted by Crippen LogP contribution is -2.26. The number of hydrogen-bond acceptors (Lipinski definition) is 2. The van der Waals surface area contributed by atoms with Crippen molar-refractivity contribution in [3.63, 3.8) is 0 Å². The van der Waals surface area contributed by atoms with Gasteiger partial charge in [-0.25, -0.2) is 0 Å². The zero-order valence-electron chi connectivity index (χ0n) is 25.3. The van der Waals surface area contributed by atoms with Crippen molar-refractivity contribution in [3.8, 4) is 22.3 Å². The molecule has 0 spiro atoms. The van der Waals surface area contributed by atoms with Crippen LogP contribution >= 0.6 is 31.9 Å². The number of unbranched alkanes of at least 4 members (excludes halogenated alkanes) is 2. The third-order valence-electron chi connectivity index (χ3n) is 9.31. The lowest BCUT2D eigenvalue weighted by Gasteiger charge is -2.33. The number of aldehydes is 2. The molecule has 0 atom stereocenters. The van der Waals surface area contributed by atoms with E-state index in [0.29, 0.717) is 0 Å². The molecule has 0 bridgehead atoms. The zero-order chi connectivity index (χ0) is 31.2. The fraction of sp³-hybridized carbons (Fsp3) is 0.220. The Morgan fingerprint density at radius 1 is 0.511 bits per heavy atom. The minimum Gasteiger partial charge on any atom is -0.298 e. The Balaban J connectivity index is 1.33. The van der Waals surface area contributed by atoms with Gasteiger partial charge in [-0.1, -0.05) is 111 Å². The van der Waals surface area contributed by atoms with Crippen molar-refractivity contribution in [3.05, 3.63) is 152 Å². The van der Waals surface area contributed by atoms with Crippen LogP contribution in [0.3, 0.4) is 0 Å². The van der Waals surface area contributed by atoms with Crippen LogP contribution in [0.15, 0.2) is 118 Å². The highest BCUT2D eigenvalue weighted by atomic mass is 79.9. The average molecular weight is 721 g/mol. The number of aryl methyl sites for hydroxylation is 2. The minimum atomic E-state index is -0.102. The molecule has 0 unspecified atom stereocenters. The highest BCUT2D eigenvalue weighted by Crippen LogP contribution is 2.55. The van der Waals surface area contributed by atoms with Crippen molar-refractivity contribution in [2.75, 3.05) is 0 Å². The normalized spacial score (nSPS) is 12.8. The van der Waals surface area contributed by atoms with E-state index in [1.165, 1.54) is 44.5 Å². The van der Waals surface area contributed by atoms with Crippen molar-refractivity contribution in [1.82, 2.24) is 0 Å². The zero-order valence-corrected chi connectivity index (χ0v) is 28.4. The first-order chi connectivity index (χ1) is 22.0. The molecular formula is C41H36Br2O2. The van der Waals surface area contributed by atoms with Gasteiger partial charge in [0, 0.05) is 25.5 Å². The summed E-state index contributed by atoms with van der Waals surface area (Å²) in [6, 6.07) is 38.5. The lowest BCUT2D eigenvalue weighted by atomic mass is 9.70. The van der Waals surface area contributed by atoms with E-state index in [-0.39, 0.29) is 5.41 Å². The van der Waals surface area contributed by atoms with Crippen molar-refractivity contribution in [2.24, 2.45) is 0 Å². The molecule has 226 valence electrons. The van der Waals surface area contributed by atoms with E-state index in [0.717, 1.165) is 84.0 Å². The van der Waals surface area contributed by atoms with Gasteiger partial charge in [-0.05, 0) is 125 Å². The number of halogens is 2. The molecule has 0 saturated carbocycles. The molecule has 0 aliphatic heterocycles. The van der Waals surface area contributed by atoms with Gasteiger partial charge in [-0.2, -0.15) is 0 Å². The minimum absolute atomic E-state index is 0.102. The monoisotopic (exact) mass is 718 g/mol. The molecule has 0 aromatic heterocycles. The van der Waals surface area contributed by atoms with Gasteiger partial charge in [0.25, 0.3) is 0 Å². The standard InChI is InChI=1S/C41H36Br2O2/c42-35-16-13-33(14-17-35)34-15-19-37-38-20-18-36(43)26-40(38)41(39(37)25-34,21-3-1-7-29-9-5-11-31(23-29)27-44)22-4-2-8-30-10-6-12-32(24-30)28-45/h5-6,9-20,23-28H,1-4,7-8,21-22H2. The number of benzene rings is 5. The Bertz CT molecular complexity index is 1760. The number of rotatable bonds is 13. The Kier molecular flexibility index (Phi) is 9.92. The maximum absolute atomic E-state index is 11.3. The van der Waals surface area contributed by atoms with Crippen LogP contribution in [0.25, 0.3) is 22.3 Å². The van der Waals surface area contributed by atoms with E-state index in [4.69, 9.17) is 0 Å². The molecule has 0 N–H and O–H groups in total. The molecule has 1 aliphatic rings. The summed E-state index contributed by atoms with van der Waals surface area (Å²) in [6.45, 7) is 0. The van der Waals surface area contributed by atoms with Crippen molar-refractivity contribution >= 4 is 44.4 Å². The van der Waals surface area contributed by atoms with Crippen molar-refractivity contribution in [2.45, 2.75) is 56.8 Å². The van der Waals surface area contributed by atoms with Crippen LogP contribution in [0.2, 0.25) is 0 Å². The van der Waals surface area contributed by atoms with Crippen molar-refractivity contribution < 1.29 is 9.59 Å². The van der Waals surface area contributed by atoms with Gasteiger partial charge < -0.3 is 0 Å². The second-order valence-electron chi connectivity index (χ2n) is 12.2. The molecule has 6 rings (SSSR count). The number of carbonyl (C=O) groups is 2. The molecule has 0 fully saturated rings. The molecule has 0 amide bonds. The van der Waals surface area contributed by atoms with Crippen LogP contribution in [0.4, 0.5) is 0 Å². The van der Waals surface area contributed by atoms with Gasteiger partial charge in [-0.3, -0.25) is 9.59 Å². The number of carbonyl (C=O) groups excluding carboxylic acids is 2. The fourth-order valence-corrected chi connectivity index (χ4v) is 7.73. The molecule has 2 nitrogen and oxygen atoms in total. The van der Waals surface area contributed by atoms with E-state index in [9.17, 15) is 9.59 Å². The third-order valence-corrected chi connectivity index (χ3v) is 10.3. The Hall–Kier alpha value is -3.60. The highest BCUT2D eigenvalue weighted by molar-refractivity contribution is 9.10. The Morgan fingerprint density at radius 2 is 1.02 bits per heavy atom. The second kappa shape index (κ2) is 14.2. The van der Waals surface area contributed by atoms with Gasteiger partial charge in [-0.15, -0.1) is 0 Å². The molecule has 45 heavy (non-hydrogen) atoms. The molecule has 5 aromatic rings. The smallest absolute Gasteiger partial charge is 0.150 e. The maximum atomic E-state index is 11.3. The van der Waals surface area contributed by atoms with E-state index in [1.54, 1.807) is 0 Å². The van der Waals surface area contributed by atoms with Gasteiger partial charge in [0.1, 0.15) is 12.6 Å². The first-order valence-electron chi connectivity index (χ1n) is 15.8. The van der Waals surface area contributed by atoms with Crippen molar-refractivity contribution in [1.29, 1.82) is 0 Å². The second-order valence-corrected chi connectivity index (χ2v) is 14.0. The topological polar surface area (TPSA) is 34.1 Å². The number of hydrogen-bond donors (Lipinski definition) is 0. The summed E-state index contributed by atoms with van der Waals surface area (Å²) < 4.78 is 2.19. The largest absolute Gasteiger partial charge is 0.298 e. The first-order valence-corrected chi connectivity index (χ1v) is 17.4. The summed E-state index contributed by atoms with van der Waals surface area (Å²) in [7, 11) is 0. The fourth-order valence-electron chi connectivity index (χ4n) is 7.11. The summed E-state index contributed by atoms with van der Waals surface area (Å²) in [4.78, 5) is 22.7.